The Morgan fingerprint density at radius 2 is 0.839 bits per heavy atom. The molecule has 0 nitrogen and oxygen atoms in total. The van der Waals surface area contributed by atoms with Crippen LogP contribution in [-0.2, 0) is 19.3 Å². The third kappa shape index (κ3) is 6.96. The van der Waals surface area contributed by atoms with E-state index in [2.05, 4.69) is 122 Å². The summed E-state index contributed by atoms with van der Waals surface area (Å²) in [6.07, 6.45) is 9.94. The quantitative estimate of drug-likeness (QED) is 0.255. The lowest BCUT2D eigenvalue weighted by atomic mass is 9.97. The SMILES string of the molecule is [CH](CCc1cccc(Cc2cccc(CC[CH]c3ccccc3)c2)c1)c1ccccc1. The lowest BCUT2D eigenvalue weighted by Crippen LogP contribution is -1.94. The van der Waals surface area contributed by atoms with E-state index >= 15 is 0 Å². The van der Waals surface area contributed by atoms with E-state index in [9.17, 15) is 0 Å². The van der Waals surface area contributed by atoms with Crippen LogP contribution >= 0.6 is 0 Å². The highest BCUT2D eigenvalue weighted by atomic mass is 14.1. The van der Waals surface area contributed by atoms with Gasteiger partial charge in [-0.15, -0.1) is 0 Å². The van der Waals surface area contributed by atoms with Crippen molar-refractivity contribution < 1.29 is 0 Å². The molecule has 0 saturated heterocycles. The summed E-state index contributed by atoms with van der Waals surface area (Å²) >= 11 is 0. The zero-order valence-electron chi connectivity index (χ0n) is 18.1. The fourth-order valence-electron chi connectivity index (χ4n) is 4.02. The van der Waals surface area contributed by atoms with Crippen LogP contribution < -0.4 is 0 Å². The summed E-state index contributed by atoms with van der Waals surface area (Å²) < 4.78 is 0. The number of rotatable bonds is 10. The van der Waals surface area contributed by atoms with Crippen LogP contribution in [-0.4, -0.2) is 0 Å². The highest BCUT2D eigenvalue weighted by Crippen LogP contribution is 2.17. The molecule has 0 saturated carbocycles. The Morgan fingerprint density at radius 1 is 0.419 bits per heavy atom. The van der Waals surface area contributed by atoms with Crippen LogP contribution in [0.1, 0.15) is 46.2 Å². The smallest absolute Gasteiger partial charge is 0.00256 e. The van der Waals surface area contributed by atoms with Gasteiger partial charge in [-0.1, -0.05) is 109 Å². The molecule has 0 heterocycles. The molecule has 0 bridgehead atoms. The van der Waals surface area contributed by atoms with E-state index in [1.54, 1.807) is 0 Å². The molecule has 0 N–H and O–H groups in total. The fraction of sp³-hybridized carbons (Fsp3) is 0.161. The van der Waals surface area contributed by atoms with Crippen LogP contribution in [0.5, 0.6) is 0 Å². The summed E-state index contributed by atoms with van der Waals surface area (Å²) in [5.41, 5.74) is 8.23. The third-order valence-corrected chi connectivity index (χ3v) is 5.62. The highest BCUT2D eigenvalue weighted by Gasteiger charge is 2.02. The van der Waals surface area contributed by atoms with Gasteiger partial charge in [0.2, 0.25) is 0 Å². The van der Waals surface area contributed by atoms with Crippen molar-refractivity contribution in [2.45, 2.75) is 32.1 Å². The second-order valence-electron chi connectivity index (χ2n) is 8.12. The molecular formula is C31H30. The first-order valence-electron chi connectivity index (χ1n) is 11.3. The van der Waals surface area contributed by atoms with Crippen LogP contribution in [0.4, 0.5) is 0 Å². The van der Waals surface area contributed by atoms with Crippen molar-refractivity contribution in [3.63, 3.8) is 0 Å². The molecule has 0 amide bonds. The van der Waals surface area contributed by atoms with Gasteiger partial charge in [0.15, 0.2) is 0 Å². The van der Waals surface area contributed by atoms with E-state index in [1.807, 2.05) is 0 Å². The maximum atomic E-state index is 2.37. The van der Waals surface area contributed by atoms with Gasteiger partial charge in [0.05, 0.1) is 0 Å². The Bertz CT molecular complexity index is 960. The molecular weight excluding hydrogens is 372 g/mol. The molecule has 0 unspecified atom stereocenters. The zero-order valence-corrected chi connectivity index (χ0v) is 18.1. The topological polar surface area (TPSA) is 0 Å². The van der Waals surface area contributed by atoms with Crippen molar-refractivity contribution in [2.75, 3.05) is 0 Å². The van der Waals surface area contributed by atoms with E-state index < -0.39 is 0 Å². The molecule has 0 aliphatic rings. The summed E-state index contributed by atoms with van der Waals surface area (Å²) in [5, 5.41) is 0. The predicted octanol–water partition coefficient (Wildman–Crippen LogP) is 7.65. The van der Waals surface area contributed by atoms with Crippen molar-refractivity contribution in [2.24, 2.45) is 0 Å². The first-order chi connectivity index (χ1) is 15.3. The van der Waals surface area contributed by atoms with E-state index in [1.165, 1.54) is 33.4 Å². The Morgan fingerprint density at radius 3 is 1.29 bits per heavy atom. The molecule has 4 aromatic carbocycles. The second kappa shape index (κ2) is 11.3. The molecule has 0 spiro atoms. The molecule has 4 aromatic rings. The maximum absolute atomic E-state index is 2.37. The van der Waals surface area contributed by atoms with Crippen LogP contribution in [0.25, 0.3) is 0 Å². The van der Waals surface area contributed by atoms with Gasteiger partial charge in [-0.2, -0.15) is 0 Å². The maximum Gasteiger partial charge on any atom is -0.00256 e. The first-order valence-corrected chi connectivity index (χ1v) is 11.3. The Balaban J connectivity index is 1.29. The first kappa shape index (κ1) is 21.1. The molecule has 0 atom stereocenters. The van der Waals surface area contributed by atoms with Gasteiger partial charge in [0.1, 0.15) is 0 Å². The normalized spacial score (nSPS) is 10.8. The predicted molar refractivity (Wildman–Crippen MR) is 132 cm³/mol. The van der Waals surface area contributed by atoms with Gasteiger partial charge >= 0.3 is 0 Å². The van der Waals surface area contributed by atoms with Crippen LogP contribution in [0.3, 0.4) is 0 Å². The molecule has 154 valence electrons. The molecule has 0 heteroatoms. The molecule has 2 radical (unpaired) electrons. The van der Waals surface area contributed by atoms with Crippen LogP contribution in [0.15, 0.2) is 109 Å². The molecule has 31 heavy (non-hydrogen) atoms. The minimum absolute atomic E-state index is 0.993. The number of hydrogen-bond acceptors (Lipinski definition) is 0. The van der Waals surface area contributed by atoms with Crippen LogP contribution in [0, 0.1) is 12.8 Å². The molecule has 0 fully saturated rings. The summed E-state index contributed by atoms with van der Waals surface area (Å²) in [4.78, 5) is 0. The van der Waals surface area contributed by atoms with Gasteiger partial charge < -0.3 is 0 Å². The van der Waals surface area contributed by atoms with Gasteiger partial charge in [0.25, 0.3) is 0 Å². The Labute approximate surface area is 187 Å². The summed E-state index contributed by atoms with van der Waals surface area (Å²) in [6.45, 7) is 0. The van der Waals surface area contributed by atoms with Gasteiger partial charge in [0, 0.05) is 0 Å². The van der Waals surface area contributed by atoms with E-state index in [4.69, 9.17) is 0 Å². The number of aryl methyl sites for hydroxylation is 2. The molecule has 4 rings (SSSR count). The fourth-order valence-corrected chi connectivity index (χ4v) is 4.02. The van der Waals surface area contributed by atoms with Gasteiger partial charge in [-0.05, 0) is 78.3 Å². The van der Waals surface area contributed by atoms with Crippen LogP contribution in [0.2, 0.25) is 0 Å². The van der Waals surface area contributed by atoms with Crippen molar-refractivity contribution in [3.05, 3.63) is 155 Å². The lowest BCUT2D eigenvalue weighted by molar-refractivity contribution is 0.942. The minimum atomic E-state index is 0.993. The summed E-state index contributed by atoms with van der Waals surface area (Å²) in [5.74, 6) is 0. The van der Waals surface area contributed by atoms with E-state index in [-0.39, 0.29) is 0 Å². The largest absolute Gasteiger partial charge is 0.0622 e. The Kier molecular flexibility index (Phi) is 7.71. The van der Waals surface area contributed by atoms with Crippen molar-refractivity contribution in [3.8, 4) is 0 Å². The highest BCUT2D eigenvalue weighted by molar-refractivity contribution is 5.33. The average molecular weight is 403 g/mol. The summed E-state index contributed by atoms with van der Waals surface area (Å²) in [6, 6.07) is 39.3. The van der Waals surface area contributed by atoms with Crippen molar-refractivity contribution >= 4 is 0 Å². The molecule has 0 aromatic heterocycles. The second-order valence-corrected chi connectivity index (χ2v) is 8.12. The Hall–Kier alpha value is -3.12. The van der Waals surface area contributed by atoms with Crippen molar-refractivity contribution in [1.82, 2.24) is 0 Å². The van der Waals surface area contributed by atoms with E-state index in [0.29, 0.717) is 0 Å². The van der Waals surface area contributed by atoms with Crippen molar-refractivity contribution in [1.29, 1.82) is 0 Å². The van der Waals surface area contributed by atoms with Gasteiger partial charge in [-0.25, -0.2) is 0 Å². The molecule has 0 aliphatic heterocycles. The monoisotopic (exact) mass is 402 g/mol. The average Bonchev–Trinajstić information content (AvgIpc) is 2.81. The molecule has 0 aliphatic carbocycles. The number of hydrogen-bond donors (Lipinski definition) is 0. The van der Waals surface area contributed by atoms with E-state index in [0.717, 1.165) is 32.1 Å². The zero-order chi connectivity index (χ0) is 21.1. The third-order valence-electron chi connectivity index (χ3n) is 5.62. The van der Waals surface area contributed by atoms with Gasteiger partial charge in [-0.3, -0.25) is 0 Å². The minimum Gasteiger partial charge on any atom is -0.0622 e. The number of benzene rings is 4. The lowest BCUT2D eigenvalue weighted by Gasteiger charge is -2.08. The summed E-state index contributed by atoms with van der Waals surface area (Å²) in [7, 11) is 0. The standard InChI is InChI=1S/C31H30/c1-3-11-26(12-4-1)15-7-17-28-19-9-21-30(23-28)25-31-22-10-20-29(24-31)18-8-16-27-13-5-2-6-14-27/h1-6,9-16,19-24H,7-8,17-18,25H2.